The van der Waals surface area contributed by atoms with Crippen molar-refractivity contribution in [1.82, 2.24) is 0 Å². The van der Waals surface area contributed by atoms with Crippen molar-refractivity contribution in [2.24, 2.45) is 0 Å². The number of hydrogen-bond donors (Lipinski definition) is 0. The Balaban J connectivity index is 0. The van der Waals surface area contributed by atoms with E-state index >= 15 is 0 Å². The third-order valence-electron chi connectivity index (χ3n) is 0.192. The minimum absolute atomic E-state index is 1.31. The van der Waals surface area contributed by atoms with Gasteiger partial charge in [0.1, 0.15) is 0 Å². The van der Waals surface area contributed by atoms with E-state index < -0.39 is 0 Å². The van der Waals surface area contributed by atoms with E-state index in [0.29, 0.717) is 0 Å². The van der Waals surface area contributed by atoms with Gasteiger partial charge in [0.05, 0.1) is 12.5 Å². The predicted molar refractivity (Wildman–Crippen MR) is 37.4 cm³/mol. The molecule has 0 N–H and O–H groups in total. The molecule has 0 amide bonds. The summed E-state index contributed by atoms with van der Waals surface area (Å²) < 4.78 is 4.36. The lowest BCUT2D eigenvalue weighted by Gasteiger charge is -1.76. The summed E-state index contributed by atoms with van der Waals surface area (Å²) in [7, 11) is 0. The molecule has 0 aliphatic carbocycles. The fourth-order valence-electron chi connectivity index (χ4n) is 0.0680. The first-order valence-electron chi connectivity index (χ1n) is 2.27. The van der Waals surface area contributed by atoms with Crippen LogP contribution in [0.5, 0.6) is 0 Å². The third kappa shape index (κ3) is 78.0. The lowest BCUT2D eigenvalue weighted by molar-refractivity contribution is 0.406. The molecular weight excluding hydrogens is 100 g/mol. The van der Waals surface area contributed by atoms with Crippen molar-refractivity contribution >= 4 is 0 Å². The summed E-state index contributed by atoms with van der Waals surface area (Å²) in [6.07, 6.45) is 4.38. The molecule has 0 aromatic heterocycles. The highest BCUT2D eigenvalue weighted by atomic mass is 16.5. The van der Waals surface area contributed by atoms with Gasteiger partial charge in [-0.1, -0.05) is 19.2 Å². The molecule has 0 aliphatic heterocycles. The van der Waals surface area contributed by atoms with Crippen LogP contribution in [0.1, 0.15) is 6.92 Å². The molecule has 0 rings (SSSR count). The summed E-state index contributed by atoms with van der Waals surface area (Å²) in [5.74, 6) is 0. The molecule has 0 aromatic rings. The summed E-state index contributed by atoms with van der Waals surface area (Å²) in [6.45, 7) is 11.8. The first-order valence-corrected chi connectivity index (χ1v) is 2.27. The van der Waals surface area contributed by atoms with Crippen molar-refractivity contribution in [2.75, 3.05) is 0 Å². The standard InChI is InChI=1S/C4H6O.C3H6/c1-3-5-4-2;1-3-2/h3-4H,1-2H2;3H,1H2,2H3. The van der Waals surface area contributed by atoms with Crippen molar-refractivity contribution in [2.45, 2.75) is 6.92 Å². The fourth-order valence-corrected chi connectivity index (χ4v) is 0.0680. The van der Waals surface area contributed by atoms with Crippen LogP contribution < -0.4 is 0 Å². The predicted octanol–water partition coefficient (Wildman–Crippen LogP) is 2.48. The highest BCUT2D eigenvalue weighted by Gasteiger charge is 1.45. The van der Waals surface area contributed by atoms with E-state index in [1.165, 1.54) is 12.5 Å². The zero-order chi connectivity index (χ0) is 6.83. The smallest absolute Gasteiger partial charge is 0.0829 e. The quantitative estimate of drug-likeness (QED) is 0.394. The Labute approximate surface area is 51.0 Å². The number of rotatable bonds is 2. The zero-order valence-electron chi connectivity index (χ0n) is 5.26. The van der Waals surface area contributed by atoms with Gasteiger partial charge in [-0.3, -0.25) is 0 Å². The molecule has 1 heteroatoms. The van der Waals surface area contributed by atoms with Crippen LogP contribution >= 0.6 is 0 Å². The van der Waals surface area contributed by atoms with Gasteiger partial charge in [-0.2, -0.15) is 0 Å². The van der Waals surface area contributed by atoms with Crippen molar-refractivity contribution < 1.29 is 4.74 Å². The molecule has 0 spiro atoms. The summed E-state index contributed by atoms with van der Waals surface area (Å²) in [5.41, 5.74) is 0. The first-order chi connectivity index (χ1) is 3.83. The van der Waals surface area contributed by atoms with Crippen LogP contribution in [-0.4, -0.2) is 0 Å². The summed E-state index contributed by atoms with van der Waals surface area (Å²) in [6, 6.07) is 0. The van der Waals surface area contributed by atoms with Crippen LogP contribution in [0.4, 0.5) is 0 Å². The van der Waals surface area contributed by atoms with Crippen LogP contribution in [-0.2, 0) is 4.74 Å². The van der Waals surface area contributed by atoms with Crippen LogP contribution in [0, 0.1) is 0 Å². The highest BCUT2D eigenvalue weighted by molar-refractivity contribution is 4.57. The molecule has 0 aliphatic rings. The molecule has 0 aromatic carbocycles. The van der Waals surface area contributed by atoms with E-state index in [0.717, 1.165) is 0 Å². The van der Waals surface area contributed by atoms with Crippen LogP contribution in [0.2, 0.25) is 0 Å². The van der Waals surface area contributed by atoms with Crippen molar-refractivity contribution in [1.29, 1.82) is 0 Å². The minimum atomic E-state index is 1.31. The molecule has 0 saturated heterocycles. The Morgan fingerprint density at radius 2 is 1.38 bits per heavy atom. The zero-order valence-corrected chi connectivity index (χ0v) is 5.26. The fraction of sp³-hybridized carbons (Fsp3) is 0.143. The van der Waals surface area contributed by atoms with E-state index in [1.807, 2.05) is 6.92 Å². The van der Waals surface area contributed by atoms with Crippen molar-refractivity contribution in [3.63, 3.8) is 0 Å². The van der Waals surface area contributed by atoms with Crippen LogP contribution in [0.25, 0.3) is 0 Å². The van der Waals surface area contributed by atoms with Crippen LogP contribution in [0.3, 0.4) is 0 Å². The molecule has 0 saturated carbocycles. The van der Waals surface area contributed by atoms with Crippen LogP contribution in [0.15, 0.2) is 38.3 Å². The summed E-state index contributed by atoms with van der Waals surface area (Å²) in [5, 5.41) is 0. The van der Waals surface area contributed by atoms with Gasteiger partial charge in [-0.15, -0.1) is 6.58 Å². The molecule has 0 atom stereocenters. The molecular formula is C7H12O. The Hall–Kier alpha value is -0.980. The largest absolute Gasteiger partial charge is 0.474 e. The second-order valence-corrected chi connectivity index (χ2v) is 0.878. The van der Waals surface area contributed by atoms with Gasteiger partial charge >= 0.3 is 0 Å². The highest BCUT2D eigenvalue weighted by Crippen LogP contribution is 1.65. The van der Waals surface area contributed by atoms with Crippen molar-refractivity contribution in [3.8, 4) is 0 Å². The molecule has 0 unspecified atom stereocenters. The van der Waals surface area contributed by atoms with E-state index in [2.05, 4.69) is 24.5 Å². The Morgan fingerprint density at radius 3 is 1.38 bits per heavy atom. The molecule has 0 heterocycles. The topological polar surface area (TPSA) is 9.23 Å². The van der Waals surface area contributed by atoms with E-state index in [9.17, 15) is 0 Å². The second-order valence-electron chi connectivity index (χ2n) is 0.878. The Bertz CT molecular complexity index is 58.8. The average molecular weight is 112 g/mol. The number of ether oxygens (including phenoxy) is 1. The third-order valence-corrected chi connectivity index (χ3v) is 0.192. The van der Waals surface area contributed by atoms with Gasteiger partial charge in [0, 0.05) is 0 Å². The monoisotopic (exact) mass is 112 g/mol. The molecule has 46 valence electrons. The molecule has 0 radical (unpaired) electrons. The van der Waals surface area contributed by atoms with E-state index in [1.54, 1.807) is 6.08 Å². The van der Waals surface area contributed by atoms with Gasteiger partial charge in [0.25, 0.3) is 0 Å². The maximum Gasteiger partial charge on any atom is 0.0829 e. The lowest BCUT2D eigenvalue weighted by atomic mass is 10.8. The SMILES string of the molecule is C=CC.C=COC=C. The lowest BCUT2D eigenvalue weighted by Crippen LogP contribution is -1.52. The number of allylic oxidation sites excluding steroid dienone is 1. The first kappa shape index (κ1) is 10.1. The Kier molecular flexibility index (Phi) is 21.0. The average Bonchev–Trinajstić information content (AvgIpc) is 1.71. The maximum atomic E-state index is 4.36. The Morgan fingerprint density at radius 1 is 1.12 bits per heavy atom. The maximum absolute atomic E-state index is 4.36. The normalized spacial score (nSPS) is 5.12. The van der Waals surface area contributed by atoms with Crippen molar-refractivity contribution in [3.05, 3.63) is 38.3 Å². The summed E-state index contributed by atoms with van der Waals surface area (Å²) in [4.78, 5) is 0. The molecule has 0 fully saturated rings. The molecule has 0 bridgehead atoms. The van der Waals surface area contributed by atoms with Gasteiger partial charge in [0.15, 0.2) is 0 Å². The van der Waals surface area contributed by atoms with Gasteiger partial charge in [-0.25, -0.2) is 0 Å². The van der Waals surface area contributed by atoms with E-state index in [-0.39, 0.29) is 0 Å². The molecule has 1 nitrogen and oxygen atoms in total. The van der Waals surface area contributed by atoms with Gasteiger partial charge < -0.3 is 4.74 Å². The minimum Gasteiger partial charge on any atom is -0.474 e. The number of hydrogen-bond acceptors (Lipinski definition) is 1. The second kappa shape index (κ2) is 16.6. The van der Waals surface area contributed by atoms with Gasteiger partial charge in [-0.05, 0) is 6.92 Å². The molecule has 8 heavy (non-hydrogen) atoms. The van der Waals surface area contributed by atoms with Gasteiger partial charge in [0.2, 0.25) is 0 Å². The summed E-state index contributed by atoms with van der Waals surface area (Å²) >= 11 is 0. The van der Waals surface area contributed by atoms with E-state index in [4.69, 9.17) is 0 Å².